The highest BCUT2D eigenvalue weighted by atomic mass is 35.5. The lowest BCUT2D eigenvalue weighted by Gasteiger charge is -2.31. The number of carbonyl (C=O) groups is 2. The first-order chi connectivity index (χ1) is 17.1. The van der Waals surface area contributed by atoms with E-state index in [1.165, 1.54) is 5.56 Å². The monoisotopic (exact) mass is 492 g/mol. The zero-order chi connectivity index (χ0) is 24.2. The van der Waals surface area contributed by atoms with Crippen LogP contribution in [0.4, 0.5) is 0 Å². The van der Waals surface area contributed by atoms with Gasteiger partial charge >= 0.3 is 0 Å². The van der Waals surface area contributed by atoms with Crippen LogP contribution >= 0.6 is 11.6 Å². The van der Waals surface area contributed by atoms with Gasteiger partial charge in [-0.2, -0.15) is 0 Å². The van der Waals surface area contributed by atoms with Crippen molar-refractivity contribution in [3.63, 3.8) is 0 Å². The second kappa shape index (κ2) is 10.6. The molecule has 2 amide bonds. The van der Waals surface area contributed by atoms with Crippen LogP contribution in [0.3, 0.4) is 0 Å². The summed E-state index contributed by atoms with van der Waals surface area (Å²) < 4.78 is 8.06. The third kappa shape index (κ3) is 5.41. The molecule has 5 rings (SSSR count). The van der Waals surface area contributed by atoms with E-state index in [1.54, 1.807) is 6.33 Å². The molecule has 182 valence electrons. The van der Waals surface area contributed by atoms with E-state index in [1.807, 2.05) is 51.9 Å². The number of nitrogens with one attached hydrogen (secondary N) is 1. The molecular weight excluding hydrogens is 464 g/mol. The first-order valence-electron chi connectivity index (χ1n) is 12.1. The average Bonchev–Trinajstić information content (AvgIpc) is 3.33. The van der Waals surface area contributed by atoms with Crippen molar-refractivity contribution in [2.75, 3.05) is 19.6 Å². The van der Waals surface area contributed by atoms with E-state index >= 15 is 0 Å². The molecular formula is C27H29ClN4O3. The van der Waals surface area contributed by atoms with Crippen LogP contribution in [-0.4, -0.2) is 45.9 Å². The van der Waals surface area contributed by atoms with Gasteiger partial charge in [0.15, 0.2) is 5.69 Å². The molecule has 0 saturated carbocycles. The molecule has 1 N–H and O–H groups in total. The second-order valence-electron chi connectivity index (χ2n) is 9.14. The van der Waals surface area contributed by atoms with Crippen LogP contribution in [0.2, 0.25) is 5.02 Å². The first-order valence-corrected chi connectivity index (χ1v) is 12.5. The topological polar surface area (TPSA) is 76.5 Å². The molecule has 0 unspecified atom stereocenters. The Bertz CT molecular complexity index is 1170. The van der Waals surface area contributed by atoms with Gasteiger partial charge in [0.25, 0.3) is 5.91 Å². The fraction of sp³-hybridized carbons (Fsp3) is 0.370. The molecule has 1 atom stereocenters. The Labute approximate surface area is 210 Å². The molecule has 2 aliphatic heterocycles. The van der Waals surface area contributed by atoms with Gasteiger partial charge in [-0.15, -0.1) is 0 Å². The van der Waals surface area contributed by atoms with Crippen LogP contribution < -0.4 is 5.32 Å². The van der Waals surface area contributed by atoms with Crippen LogP contribution in [0.25, 0.3) is 0 Å². The summed E-state index contributed by atoms with van der Waals surface area (Å²) in [6.45, 7) is 2.66. The first kappa shape index (κ1) is 23.6. The molecule has 3 heterocycles. The summed E-state index contributed by atoms with van der Waals surface area (Å²) in [4.78, 5) is 32.0. The summed E-state index contributed by atoms with van der Waals surface area (Å²) in [5.41, 5.74) is 3.51. The fourth-order valence-electron chi connectivity index (χ4n) is 4.80. The van der Waals surface area contributed by atoms with Crippen molar-refractivity contribution in [2.24, 2.45) is 5.92 Å². The quantitative estimate of drug-likeness (QED) is 0.564. The van der Waals surface area contributed by atoms with Crippen LogP contribution in [0.15, 0.2) is 60.9 Å². The molecule has 3 aromatic rings. The van der Waals surface area contributed by atoms with Crippen molar-refractivity contribution in [1.29, 1.82) is 0 Å². The predicted molar refractivity (Wildman–Crippen MR) is 133 cm³/mol. The minimum atomic E-state index is -0.104. The standard InChI is InChI=1S/C27H29ClN4O3/c28-22-8-6-20(7-9-22)24-16-32-18-30-25(23(32)17-35-24)27(34)31-14-11-21(12-15-31)26(33)29-13-10-19-4-2-1-3-5-19/h1-9,18,21,24H,10-17H2,(H,29,33)/t24-/m0/s1. The number of hydrogen-bond acceptors (Lipinski definition) is 4. The molecule has 2 aliphatic rings. The van der Waals surface area contributed by atoms with E-state index in [-0.39, 0.29) is 23.8 Å². The number of amides is 2. The number of imidazole rings is 1. The summed E-state index contributed by atoms with van der Waals surface area (Å²) in [5.74, 6) is -0.0709. The number of aromatic nitrogens is 2. The lowest BCUT2D eigenvalue weighted by atomic mass is 9.95. The Kier molecular flexibility index (Phi) is 7.16. The molecule has 35 heavy (non-hydrogen) atoms. The minimum absolute atomic E-state index is 0.0609. The zero-order valence-electron chi connectivity index (χ0n) is 19.5. The Balaban J connectivity index is 1.13. The number of ether oxygens (including phenoxy) is 1. The lowest BCUT2D eigenvalue weighted by molar-refractivity contribution is -0.126. The van der Waals surface area contributed by atoms with Gasteiger partial charge in [-0.25, -0.2) is 4.98 Å². The number of benzene rings is 2. The number of rotatable bonds is 6. The Hall–Kier alpha value is -3.16. The maximum Gasteiger partial charge on any atom is 0.274 e. The number of likely N-dealkylation sites (tertiary alicyclic amines) is 1. The number of carbonyl (C=O) groups excluding carboxylic acids is 2. The summed E-state index contributed by atoms with van der Waals surface area (Å²) in [5, 5.41) is 3.74. The van der Waals surface area contributed by atoms with Crippen LogP contribution in [0.1, 0.15) is 46.3 Å². The molecule has 0 aliphatic carbocycles. The minimum Gasteiger partial charge on any atom is -0.365 e. The van der Waals surface area contributed by atoms with Crippen LogP contribution in [0, 0.1) is 5.92 Å². The van der Waals surface area contributed by atoms with Crippen molar-refractivity contribution in [3.05, 3.63) is 88.5 Å². The fourth-order valence-corrected chi connectivity index (χ4v) is 4.92. The van der Waals surface area contributed by atoms with Gasteiger partial charge in [0.05, 0.1) is 25.2 Å². The highest BCUT2D eigenvalue weighted by Gasteiger charge is 2.32. The number of piperidine rings is 1. The maximum absolute atomic E-state index is 13.2. The van der Waals surface area contributed by atoms with Crippen molar-refractivity contribution in [2.45, 2.75) is 38.5 Å². The molecule has 7 nitrogen and oxygen atoms in total. The summed E-state index contributed by atoms with van der Waals surface area (Å²) in [6.07, 6.45) is 3.76. The molecule has 1 fully saturated rings. The van der Waals surface area contributed by atoms with E-state index in [0.717, 1.165) is 17.7 Å². The third-order valence-corrected chi connectivity index (χ3v) is 7.14. The highest BCUT2D eigenvalue weighted by molar-refractivity contribution is 6.30. The van der Waals surface area contributed by atoms with Crippen LogP contribution in [-0.2, 0) is 29.1 Å². The Morgan fingerprint density at radius 2 is 1.80 bits per heavy atom. The molecule has 1 saturated heterocycles. The number of halogens is 1. The molecule has 0 radical (unpaired) electrons. The van der Waals surface area contributed by atoms with Crippen molar-refractivity contribution in [1.82, 2.24) is 19.8 Å². The molecule has 8 heteroatoms. The zero-order valence-corrected chi connectivity index (χ0v) is 20.3. The molecule has 2 aromatic carbocycles. The summed E-state index contributed by atoms with van der Waals surface area (Å²) in [6, 6.07) is 17.8. The van der Waals surface area contributed by atoms with Gasteiger partial charge < -0.3 is 19.5 Å². The second-order valence-corrected chi connectivity index (χ2v) is 9.57. The SMILES string of the molecule is O=C(NCCc1ccccc1)C1CCN(C(=O)c2ncn3c2CO[C@H](c2ccc(Cl)cc2)C3)CC1. The number of hydrogen-bond donors (Lipinski definition) is 1. The van der Waals surface area contributed by atoms with E-state index < -0.39 is 0 Å². The van der Waals surface area contributed by atoms with Gasteiger partial charge in [-0.05, 0) is 42.5 Å². The van der Waals surface area contributed by atoms with Gasteiger partial charge in [-0.1, -0.05) is 54.1 Å². The predicted octanol–water partition coefficient (Wildman–Crippen LogP) is 4.02. The Morgan fingerprint density at radius 3 is 2.54 bits per heavy atom. The lowest BCUT2D eigenvalue weighted by Crippen LogP contribution is -2.43. The third-order valence-electron chi connectivity index (χ3n) is 6.88. The van der Waals surface area contributed by atoms with E-state index in [2.05, 4.69) is 22.4 Å². The van der Waals surface area contributed by atoms with Gasteiger partial charge in [0, 0.05) is 30.6 Å². The largest absolute Gasteiger partial charge is 0.365 e. The van der Waals surface area contributed by atoms with Crippen molar-refractivity contribution < 1.29 is 14.3 Å². The highest BCUT2D eigenvalue weighted by Crippen LogP contribution is 2.29. The van der Waals surface area contributed by atoms with Gasteiger partial charge in [0.2, 0.25) is 5.91 Å². The van der Waals surface area contributed by atoms with Crippen LogP contribution in [0.5, 0.6) is 0 Å². The smallest absolute Gasteiger partial charge is 0.274 e. The van der Waals surface area contributed by atoms with Crippen molar-refractivity contribution >= 4 is 23.4 Å². The van der Waals surface area contributed by atoms with Gasteiger partial charge in [0.1, 0.15) is 6.10 Å². The molecule has 0 spiro atoms. The molecule has 0 bridgehead atoms. The van der Waals surface area contributed by atoms with E-state index in [4.69, 9.17) is 16.3 Å². The molecule has 1 aromatic heterocycles. The summed E-state index contributed by atoms with van der Waals surface area (Å²) >= 11 is 6.00. The number of nitrogens with zero attached hydrogens (tertiary/aromatic N) is 3. The normalized spacial score (nSPS) is 18.2. The van der Waals surface area contributed by atoms with E-state index in [9.17, 15) is 9.59 Å². The maximum atomic E-state index is 13.2. The van der Waals surface area contributed by atoms with Gasteiger partial charge in [-0.3, -0.25) is 9.59 Å². The van der Waals surface area contributed by atoms with Crippen molar-refractivity contribution in [3.8, 4) is 0 Å². The Morgan fingerprint density at radius 1 is 1.06 bits per heavy atom. The average molecular weight is 493 g/mol. The summed E-state index contributed by atoms with van der Waals surface area (Å²) in [7, 11) is 0. The van der Waals surface area contributed by atoms with E-state index in [0.29, 0.717) is 56.3 Å². The number of fused-ring (bicyclic) bond motifs is 1.